The lowest BCUT2D eigenvalue weighted by Gasteiger charge is -2.32. The predicted octanol–water partition coefficient (Wildman–Crippen LogP) is 1.12. The molecule has 2 atom stereocenters. The van der Waals surface area contributed by atoms with Gasteiger partial charge in [0.1, 0.15) is 0 Å². The summed E-state index contributed by atoms with van der Waals surface area (Å²) < 4.78 is 0. The van der Waals surface area contributed by atoms with Gasteiger partial charge < -0.3 is 16.0 Å². The fraction of sp³-hybridized carbons (Fsp3) is 0.917. The van der Waals surface area contributed by atoms with Gasteiger partial charge in [-0.1, -0.05) is 34.6 Å². The minimum absolute atomic E-state index is 0.246. The summed E-state index contributed by atoms with van der Waals surface area (Å²) in [5.41, 5.74) is 0. The van der Waals surface area contributed by atoms with Crippen LogP contribution in [0.4, 0.5) is 0 Å². The standard InChI is InChI=1S/C8H17N3O.2C2H6/c1-2-10-7-3-4-9-5-8(7)11-6-12;2*1-2/h6-10H,2-5H2,1H3,(H,11,12);2*1-2H3. The van der Waals surface area contributed by atoms with Gasteiger partial charge in [0, 0.05) is 12.6 Å². The highest BCUT2D eigenvalue weighted by Crippen LogP contribution is 2.02. The van der Waals surface area contributed by atoms with E-state index in [1.54, 1.807) is 0 Å². The van der Waals surface area contributed by atoms with Crippen LogP contribution in [0.2, 0.25) is 0 Å². The van der Waals surface area contributed by atoms with Gasteiger partial charge in [-0.2, -0.15) is 0 Å². The highest BCUT2D eigenvalue weighted by molar-refractivity contribution is 5.47. The molecule has 0 bridgehead atoms. The number of hydrogen-bond donors (Lipinski definition) is 3. The second-order valence-electron chi connectivity index (χ2n) is 3.05. The summed E-state index contributed by atoms with van der Waals surface area (Å²) in [4.78, 5) is 10.3. The number of piperidine rings is 1. The third-order valence-electron chi connectivity index (χ3n) is 2.23. The van der Waals surface area contributed by atoms with Crippen molar-refractivity contribution in [1.82, 2.24) is 16.0 Å². The topological polar surface area (TPSA) is 53.2 Å². The number of likely N-dealkylation sites (N-methyl/N-ethyl adjacent to an activating group) is 1. The molecule has 1 amide bonds. The fourth-order valence-electron chi connectivity index (χ4n) is 1.63. The van der Waals surface area contributed by atoms with Gasteiger partial charge in [-0.3, -0.25) is 4.79 Å². The summed E-state index contributed by atoms with van der Waals surface area (Å²) in [6, 6.07) is 0.678. The Morgan fingerprint density at radius 2 is 1.88 bits per heavy atom. The molecule has 16 heavy (non-hydrogen) atoms. The largest absolute Gasteiger partial charge is 0.353 e. The van der Waals surface area contributed by atoms with Crippen molar-refractivity contribution < 1.29 is 4.79 Å². The van der Waals surface area contributed by atoms with Gasteiger partial charge >= 0.3 is 0 Å². The number of carbonyl (C=O) groups is 1. The van der Waals surface area contributed by atoms with Crippen LogP contribution in [0.1, 0.15) is 41.0 Å². The maximum absolute atomic E-state index is 10.3. The number of amides is 1. The van der Waals surface area contributed by atoms with Crippen molar-refractivity contribution in [1.29, 1.82) is 0 Å². The lowest BCUT2D eigenvalue weighted by Crippen LogP contribution is -2.57. The molecule has 0 aromatic rings. The van der Waals surface area contributed by atoms with E-state index in [4.69, 9.17) is 0 Å². The third-order valence-corrected chi connectivity index (χ3v) is 2.23. The Labute approximate surface area is 101 Å². The van der Waals surface area contributed by atoms with Crippen molar-refractivity contribution in [3.63, 3.8) is 0 Å². The Morgan fingerprint density at radius 1 is 1.25 bits per heavy atom. The van der Waals surface area contributed by atoms with E-state index in [2.05, 4.69) is 22.9 Å². The van der Waals surface area contributed by atoms with Gasteiger partial charge in [0.15, 0.2) is 0 Å². The second-order valence-corrected chi connectivity index (χ2v) is 3.05. The first-order chi connectivity index (χ1) is 7.88. The van der Waals surface area contributed by atoms with Crippen molar-refractivity contribution in [2.45, 2.75) is 53.1 Å². The third kappa shape index (κ3) is 7.65. The second kappa shape index (κ2) is 14.4. The van der Waals surface area contributed by atoms with Crippen molar-refractivity contribution >= 4 is 6.41 Å². The van der Waals surface area contributed by atoms with Crippen LogP contribution in [-0.2, 0) is 4.79 Å². The molecule has 4 heteroatoms. The molecule has 1 aliphatic heterocycles. The van der Waals surface area contributed by atoms with Gasteiger partial charge in [0.2, 0.25) is 6.41 Å². The first-order valence-electron chi connectivity index (χ1n) is 6.52. The molecule has 1 rings (SSSR count). The summed E-state index contributed by atoms with van der Waals surface area (Å²) in [6.45, 7) is 13.0. The molecule has 1 heterocycles. The van der Waals surface area contributed by atoms with Crippen LogP contribution in [0.3, 0.4) is 0 Å². The molecule has 0 spiro atoms. The lowest BCUT2D eigenvalue weighted by atomic mass is 10.0. The molecule has 1 fully saturated rings. The van der Waals surface area contributed by atoms with Gasteiger partial charge in [0.05, 0.1) is 6.04 Å². The lowest BCUT2D eigenvalue weighted by molar-refractivity contribution is -0.110. The minimum atomic E-state index is 0.246. The van der Waals surface area contributed by atoms with E-state index in [1.807, 2.05) is 27.7 Å². The van der Waals surface area contributed by atoms with Crippen LogP contribution in [-0.4, -0.2) is 38.1 Å². The average molecular weight is 231 g/mol. The minimum Gasteiger partial charge on any atom is -0.353 e. The van der Waals surface area contributed by atoms with Gasteiger partial charge in [-0.15, -0.1) is 0 Å². The SMILES string of the molecule is CC.CC.CCNC1CCNCC1NC=O. The molecule has 1 saturated heterocycles. The van der Waals surface area contributed by atoms with E-state index in [-0.39, 0.29) is 6.04 Å². The summed E-state index contributed by atoms with van der Waals surface area (Å²) >= 11 is 0. The Kier molecular flexibility index (Phi) is 16.0. The number of hydrogen-bond acceptors (Lipinski definition) is 3. The maximum atomic E-state index is 10.3. The molecular weight excluding hydrogens is 202 g/mol. The van der Waals surface area contributed by atoms with Crippen LogP contribution in [0.15, 0.2) is 0 Å². The number of nitrogens with one attached hydrogen (secondary N) is 3. The zero-order valence-corrected chi connectivity index (χ0v) is 11.5. The van der Waals surface area contributed by atoms with E-state index < -0.39 is 0 Å². The molecule has 0 radical (unpaired) electrons. The highest BCUT2D eigenvalue weighted by atomic mass is 16.1. The molecular formula is C12H29N3O. The smallest absolute Gasteiger partial charge is 0.207 e. The first-order valence-corrected chi connectivity index (χ1v) is 6.52. The molecule has 0 aromatic carbocycles. The summed E-state index contributed by atoms with van der Waals surface area (Å²) in [6.07, 6.45) is 1.86. The maximum Gasteiger partial charge on any atom is 0.207 e. The summed E-state index contributed by atoms with van der Waals surface area (Å²) in [5, 5.41) is 9.42. The van der Waals surface area contributed by atoms with E-state index in [0.717, 1.165) is 32.5 Å². The van der Waals surface area contributed by atoms with E-state index in [1.165, 1.54) is 0 Å². The zero-order valence-electron chi connectivity index (χ0n) is 11.5. The van der Waals surface area contributed by atoms with Crippen LogP contribution < -0.4 is 16.0 Å². The van der Waals surface area contributed by atoms with Crippen LogP contribution in [0, 0.1) is 0 Å². The molecule has 0 aromatic heterocycles. The van der Waals surface area contributed by atoms with Crippen LogP contribution in [0.25, 0.3) is 0 Å². The van der Waals surface area contributed by atoms with Gasteiger partial charge in [-0.25, -0.2) is 0 Å². The fourth-order valence-corrected chi connectivity index (χ4v) is 1.63. The molecule has 0 saturated carbocycles. The normalized spacial score (nSPS) is 23.1. The molecule has 1 aliphatic rings. The van der Waals surface area contributed by atoms with Crippen molar-refractivity contribution in [3.8, 4) is 0 Å². The summed E-state index contributed by atoms with van der Waals surface area (Å²) in [7, 11) is 0. The predicted molar refractivity (Wildman–Crippen MR) is 70.6 cm³/mol. The van der Waals surface area contributed by atoms with E-state index in [9.17, 15) is 4.79 Å². The van der Waals surface area contributed by atoms with Crippen molar-refractivity contribution in [3.05, 3.63) is 0 Å². The van der Waals surface area contributed by atoms with E-state index >= 15 is 0 Å². The molecule has 3 N–H and O–H groups in total. The van der Waals surface area contributed by atoms with Crippen molar-refractivity contribution in [2.24, 2.45) is 0 Å². The van der Waals surface area contributed by atoms with Crippen molar-refractivity contribution in [2.75, 3.05) is 19.6 Å². The molecule has 4 nitrogen and oxygen atoms in total. The number of rotatable bonds is 4. The molecule has 0 aliphatic carbocycles. The summed E-state index contributed by atoms with van der Waals surface area (Å²) in [5.74, 6) is 0. The highest BCUT2D eigenvalue weighted by Gasteiger charge is 2.22. The molecule has 98 valence electrons. The quantitative estimate of drug-likeness (QED) is 0.636. The Balaban J connectivity index is 0. The Morgan fingerprint density at radius 3 is 2.38 bits per heavy atom. The van der Waals surface area contributed by atoms with E-state index in [0.29, 0.717) is 6.04 Å². The Hall–Kier alpha value is -0.610. The van der Waals surface area contributed by atoms with Crippen LogP contribution in [0.5, 0.6) is 0 Å². The monoisotopic (exact) mass is 231 g/mol. The average Bonchev–Trinajstić information content (AvgIpc) is 2.37. The zero-order chi connectivity index (χ0) is 12.8. The number of carbonyl (C=O) groups excluding carboxylic acids is 1. The van der Waals surface area contributed by atoms with Gasteiger partial charge in [0.25, 0.3) is 0 Å². The first kappa shape index (κ1) is 17.8. The van der Waals surface area contributed by atoms with Gasteiger partial charge in [-0.05, 0) is 19.5 Å². The Bertz CT molecular complexity index is 140. The molecule has 2 unspecified atom stereocenters. The van der Waals surface area contributed by atoms with Crippen LogP contribution >= 0.6 is 0 Å².